The molecule has 1 fully saturated rings. The number of hydrogen-bond donors (Lipinski definition) is 2. The van der Waals surface area contributed by atoms with E-state index in [9.17, 15) is 9.59 Å². The lowest BCUT2D eigenvalue weighted by molar-refractivity contribution is -0.107. The van der Waals surface area contributed by atoms with Crippen LogP contribution in [0.25, 0.3) is 0 Å². The highest BCUT2D eigenvalue weighted by Crippen LogP contribution is 2.38. The molecule has 3 heterocycles. The summed E-state index contributed by atoms with van der Waals surface area (Å²) in [5.74, 6) is 1.36. The molecule has 1 aromatic rings. The number of carbonyl (C=O) groups excluding carboxylic acids is 2. The molecule has 1 saturated heterocycles. The molecule has 7 heteroatoms. The molecule has 24 heavy (non-hydrogen) atoms. The van der Waals surface area contributed by atoms with E-state index in [1.165, 1.54) is 0 Å². The number of anilines is 1. The Kier molecular flexibility index (Phi) is 3.48. The van der Waals surface area contributed by atoms with Crippen LogP contribution in [0.3, 0.4) is 0 Å². The predicted octanol–water partition coefficient (Wildman–Crippen LogP) is 1.84. The number of allylic oxidation sites excluding steroid dienone is 3. The van der Waals surface area contributed by atoms with E-state index in [1.807, 2.05) is 15.9 Å². The molecule has 3 aliphatic rings. The molecule has 0 atom stereocenters. The van der Waals surface area contributed by atoms with Crippen LogP contribution in [0.5, 0.6) is 5.75 Å². The van der Waals surface area contributed by atoms with Gasteiger partial charge in [0.2, 0.25) is 0 Å². The number of aromatic amines is 1. The third-order valence-corrected chi connectivity index (χ3v) is 4.58. The number of nitrogens with zero attached hydrogens (tertiary/aromatic N) is 2. The van der Waals surface area contributed by atoms with Gasteiger partial charge in [0, 0.05) is 31.3 Å². The van der Waals surface area contributed by atoms with Crippen molar-refractivity contribution in [1.29, 1.82) is 5.41 Å². The van der Waals surface area contributed by atoms with Crippen LogP contribution in [0.4, 0.5) is 5.82 Å². The number of fused-ring (bicyclic) bond motifs is 1. The number of rotatable bonds is 4. The molecule has 7 nitrogen and oxygen atoms in total. The Balaban J connectivity index is 1.58. The number of aldehydes is 1. The van der Waals surface area contributed by atoms with Gasteiger partial charge in [0.1, 0.15) is 12.0 Å². The smallest absolute Gasteiger partial charge is 0.270 e. The molecule has 2 aliphatic heterocycles. The van der Waals surface area contributed by atoms with Crippen LogP contribution in [-0.4, -0.2) is 47.6 Å². The van der Waals surface area contributed by atoms with Crippen LogP contribution in [0.15, 0.2) is 29.5 Å². The minimum Gasteiger partial charge on any atom is -0.469 e. The molecule has 1 aliphatic carbocycles. The van der Waals surface area contributed by atoms with Gasteiger partial charge in [0.25, 0.3) is 5.91 Å². The van der Waals surface area contributed by atoms with Crippen molar-refractivity contribution >= 4 is 23.7 Å². The Hall–Kier alpha value is -2.83. The SMILES string of the molecule is N=C1C=C(N2COc3cc(C(=O)N4CCCC4)[nH]c32)C=C1CC=O. The largest absolute Gasteiger partial charge is 0.469 e. The molecule has 0 radical (unpaired) electrons. The van der Waals surface area contributed by atoms with Crippen LogP contribution < -0.4 is 9.64 Å². The number of ether oxygens (including phenoxy) is 1. The first-order valence-electron chi connectivity index (χ1n) is 8.05. The van der Waals surface area contributed by atoms with Gasteiger partial charge >= 0.3 is 0 Å². The van der Waals surface area contributed by atoms with Crippen molar-refractivity contribution in [3.8, 4) is 5.75 Å². The van der Waals surface area contributed by atoms with Gasteiger partial charge in [-0.3, -0.25) is 9.69 Å². The minimum absolute atomic E-state index is 0.00391. The predicted molar refractivity (Wildman–Crippen MR) is 88.5 cm³/mol. The van der Waals surface area contributed by atoms with Gasteiger partial charge in [-0.1, -0.05) is 0 Å². The second-order valence-electron chi connectivity index (χ2n) is 6.12. The van der Waals surface area contributed by atoms with Crippen molar-refractivity contribution in [2.45, 2.75) is 19.3 Å². The first kappa shape index (κ1) is 14.7. The summed E-state index contributed by atoms with van der Waals surface area (Å²) < 4.78 is 5.66. The topological polar surface area (TPSA) is 89.5 Å². The fourth-order valence-electron chi connectivity index (χ4n) is 3.30. The molecule has 0 aromatic carbocycles. The fraction of sp³-hybridized carbons (Fsp3) is 0.353. The number of hydrogen-bond acceptors (Lipinski definition) is 5. The molecule has 0 unspecified atom stereocenters. The maximum Gasteiger partial charge on any atom is 0.270 e. The van der Waals surface area contributed by atoms with Gasteiger partial charge in [-0.15, -0.1) is 0 Å². The van der Waals surface area contributed by atoms with E-state index >= 15 is 0 Å². The molecule has 0 saturated carbocycles. The summed E-state index contributed by atoms with van der Waals surface area (Å²) >= 11 is 0. The van der Waals surface area contributed by atoms with Crippen molar-refractivity contribution in [3.05, 3.63) is 35.2 Å². The van der Waals surface area contributed by atoms with E-state index in [-0.39, 0.29) is 12.3 Å². The summed E-state index contributed by atoms with van der Waals surface area (Å²) in [6.07, 6.45) is 6.65. The van der Waals surface area contributed by atoms with Gasteiger partial charge in [-0.2, -0.15) is 0 Å². The Morgan fingerprint density at radius 3 is 2.88 bits per heavy atom. The molecule has 0 bridgehead atoms. The highest BCUT2D eigenvalue weighted by atomic mass is 16.5. The maximum absolute atomic E-state index is 12.5. The third kappa shape index (κ3) is 2.33. The molecule has 124 valence electrons. The molecule has 4 rings (SSSR count). The van der Waals surface area contributed by atoms with Gasteiger partial charge in [-0.05, 0) is 30.6 Å². The van der Waals surface area contributed by atoms with E-state index in [4.69, 9.17) is 10.1 Å². The van der Waals surface area contributed by atoms with Crippen LogP contribution in [-0.2, 0) is 4.79 Å². The molecular formula is C17H18N4O3. The second kappa shape index (κ2) is 5.67. The lowest BCUT2D eigenvalue weighted by atomic mass is 10.1. The van der Waals surface area contributed by atoms with E-state index in [1.54, 1.807) is 12.1 Å². The summed E-state index contributed by atoms with van der Waals surface area (Å²) in [5.41, 5.74) is 2.34. The molecule has 2 N–H and O–H groups in total. The van der Waals surface area contributed by atoms with Crippen molar-refractivity contribution in [2.24, 2.45) is 0 Å². The standard InChI is InChI=1S/C17H18N4O3/c18-13-8-12(7-11(13)3-6-22)21-10-24-15-9-14(19-16(15)21)17(23)20-4-1-2-5-20/h6-9,18-19H,1-5,10H2. The summed E-state index contributed by atoms with van der Waals surface area (Å²) in [6, 6.07) is 1.74. The average molecular weight is 326 g/mol. The first-order valence-corrected chi connectivity index (χ1v) is 8.05. The van der Waals surface area contributed by atoms with Crippen LogP contribution >= 0.6 is 0 Å². The van der Waals surface area contributed by atoms with Crippen molar-refractivity contribution < 1.29 is 14.3 Å². The highest BCUT2D eigenvalue weighted by Gasteiger charge is 2.31. The monoisotopic (exact) mass is 326 g/mol. The molecule has 1 amide bonds. The fourth-order valence-corrected chi connectivity index (χ4v) is 3.30. The maximum atomic E-state index is 12.5. The Morgan fingerprint density at radius 1 is 1.33 bits per heavy atom. The van der Waals surface area contributed by atoms with Crippen molar-refractivity contribution in [1.82, 2.24) is 9.88 Å². The number of aromatic nitrogens is 1. The molecule has 0 spiro atoms. The summed E-state index contributed by atoms with van der Waals surface area (Å²) in [4.78, 5) is 30.1. The third-order valence-electron chi connectivity index (χ3n) is 4.58. The number of nitrogens with one attached hydrogen (secondary N) is 2. The Morgan fingerprint density at radius 2 is 2.12 bits per heavy atom. The van der Waals surface area contributed by atoms with Crippen LogP contribution in [0.2, 0.25) is 0 Å². The number of likely N-dealkylation sites (tertiary alicyclic amines) is 1. The number of amides is 1. The lowest BCUT2D eigenvalue weighted by Crippen LogP contribution is -2.28. The van der Waals surface area contributed by atoms with E-state index < -0.39 is 0 Å². The van der Waals surface area contributed by atoms with Crippen LogP contribution in [0, 0.1) is 5.41 Å². The number of H-pyrrole nitrogens is 1. The second-order valence-corrected chi connectivity index (χ2v) is 6.12. The molecular weight excluding hydrogens is 308 g/mol. The zero-order valence-electron chi connectivity index (χ0n) is 13.2. The summed E-state index contributed by atoms with van der Waals surface area (Å²) in [7, 11) is 0. The minimum atomic E-state index is -0.00391. The zero-order chi connectivity index (χ0) is 16.7. The van der Waals surface area contributed by atoms with Crippen molar-refractivity contribution in [3.63, 3.8) is 0 Å². The normalized spacial score (nSPS) is 19.2. The first-order chi connectivity index (χ1) is 11.7. The Bertz CT molecular complexity index is 784. The van der Waals surface area contributed by atoms with Gasteiger partial charge in [0.05, 0.1) is 5.71 Å². The summed E-state index contributed by atoms with van der Waals surface area (Å²) in [5, 5.41) is 7.93. The van der Waals surface area contributed by atoms with Gasteiger partial charge in [0.15, 0.2) is 18.3 Å². The summed E-state index contributed by atoms with van der Waals surface area (Å²) in [6.45, 7) is 1.92. The van der Waals surface area contributed by atoms with E-state index in [0.717, 1.165) is 43.7 Å². The lowest BCUT2D eigenvalue weighted by Gasteiger charge is -2.17. The molecule has 1 aromatic heterocycles. The Labute approximate surface area is 139 Å². The van der Waals surface area contributed by atoms with Gasteiger partial charge < -0.3 is 24.8 Å². The average Bonchev–Trinajstić information content (AvgIpc) is 3.31. The highest BCUT2D eigenvalue weighted by molar-refractivity contribution is 6.11. The van der Waals surface area contributed by atoms with E-state index in [2.05, 4.69) is 4.98 Å². The number of carbonyl (C=O) groups is 2. The van der Waals surface area contributed by atoms with Gasteiger partial charge in [-0.25, -0.2) is 0 Å². The van der Waals surface area contributed by atoms with E-state index in [0.29, 0.717) is 29.5 Å². The van der Waals surface area contributed by atoms with Crippen LogP contribution in [0.1, 0.15) is 29.8 Å². The zero-order valence-corrected chi connectivity index (χ0v) is 13.2. The quantitative estimate of drug-likeness (QED) is 0.826. The van der Waals surface area contributed by atoms with Crippen molar-refractivity contribution in [2.75, 3.05) is 24.7 Å².